The van der Waals surface area contributed by atoms with E-state index in [1.807, 2.05) is 19.2 Å². The average Bonchev–Trinajstić information content (AvgIpc) is 2.36. The van der Waals surface area contributed by atoms with Crippen molar-refractivity contribution >= 4 is 5.97 Å². The average molecular weight is 263 g/mol. The lowest BCUT2D eigenvalue weighted by molar-refractivity contribution is -0.139. The van der Waals surface area contributed by atoms with E-state index in [4.69, 9.17) is 5.11 Å². The van der Waals surface area contributed by atoms with Crippen LogP contribution in [-0.2, 0) is 11.3 Å². The number of carbonyl (C=O) groups is 1. The number of likely N-dealkylation sites (N-methyl/N-ethyl adjacent to an activating group) is 1. The fraction of sp³-hybridized carbons (Fsp3) is 0.571. The molecule has 1 saturated heterocycles. The molecule has 2 heterocycles. The molecule has 104 valence electrons. The standard InChI is InChI=1S/C14H21N3O2/c1-11-8-17(9-12-3-5-15-6-4-12)10-13(16(11)2)7-14(18)19/h3-6,11,13H,7-10H2,1-2H3,(H,18,19). The quantitative estimate of drug-likeness (QED) is 0.880. The number of carboxylic acid groups (broad SMARTS) is 1. The van der Waals surface area contributed by atoms with E-state index in [1.165, 1.54) is 5.56 Å². The second-order valence-electron chi connectivity index (χ2n) is 5.32. The molecule has 0 saturated carbocycles. The summed E-state index contributed by atoms with van der Waals surface area (Å²) in [5, 5.41) is 8.99. The molecule has 0 radical (unpaired) electrons. The van der Waals surface area contributed by atoms with Crippen LogP contribution in [0.25, 0.3) is 0 Å². The molecule has 1 aliphatic heterocycles. The van der Waals surface area contributed by atoms with Gasteiger partial charge in [0.1, 0.15) is 0 Å². The summed E-state index contributed by atoms with van der Waals surface area (Å²) in [7, 11) is 2.02. The van der Waals surface area contributed by atoms with Crippen LogP contribution < -0.4 is 0 Å². The van der Waals surface area contributed by atoms with Gasteiger partial charge in [0.05, 0.1) is 6.42 Å². The highest BCUT2D eigenvalue weighted by molar-refractivity contribution is 5.67. The van der Waals surface area contributed by atoms with Crippen LogP contribution in [0.3, 0.4) is 0 Å². The van der Waals surface area contributed by atoms with Crippen LogP contribution in [0.5, 0.6) is 0 Å². The molecule has 5 nitrogen and oxygen atoms in total. The summed E-state index contributed by atoms with van der Waals surface area (Å²) < 4.78 is 0. The Morgan fingerprint density at radius 2 is 2.11 bits per heavy atom. The number of aliphatic carboxylic acids is 1. The highest BCUT2D eigenvalue weighted by Crippen LogP contribution is 2.18. The lowest BCUT2D eigenvalue weighted by Gasteiger charge is -2.43. The Bertz CT molecular complexity index is 424. The predicted octanol–water partition coefficient (Wildman–Crippen LogP) is 1.06. The van der Waals surface area contributed by atoms with Crippen molar-refractivity contribution in [3.05, 3.63) is 30.1 Å². The third kappa shape index (κ3) is 3.75. The molecule has 5 heteroatoms. The largest absolute Gasteiger partial charge is 0.481 e. The minimum absolute atomic E-state index is 0.0862. The highest BCUT2D eigenvalue weighted by Gasteiger charge is 2.30. The normalized spacial score (nSPS) is 25.4. The third-order valence-corrected chi connectivity index (χ3v) is 3.83. The van der Waals surface area contributed by atoms with Crippen molar-refractivity contribution in [3.8, 4) is 0 Å². The van der Waals surface area contributed by atoms with Gasteiger partial charge in [-0.2, -0.15) is 0 Å². The minimum Gasteiger partial charge on any atom is -0.481 e. The maximum absolute atomic E-state index is 10.9. The molecule has 1 aromatic heterocycles. The van der Waals surface area contributed by atoms with E-state index in [1.54, 1.807) is 12.4 Å². The Balaban J connectivity index is 2.00. The zero-order chi connectivity index (χ0) is 13.8. The predicted molar refractivity (Wildman–Crippen MR) is 72.8 cm³/mol. The van der Waals surface area contributed by atoms with Crippen LogP contribution in [0.2, 0.25) is 0 Å². The summed E-state index contributed by atoms with van der Waals surface area (Å²) >= 11 is 0. The molecule has 1 aromatic rings. The molecule has 0 aromatic carbocycles. The number of pyridine rings is 1. The minimum atomic E-state index is -0.727. The van der Waals surface area contributed by atoms with E-state index >= 15 is 0 Å². The first-order valence-electron chi connectivity index (χ1n) is 6.61. The first kappa shape index (κ1) is 14.0. The summed E-state index contributed by atoms with van der Waals surface area (Å²) in [5.74, 6) is -0.727. The molecule has 0 bridgehead atoms. The van der Waals surface area contributed by atoms with Crippen LogP contribution in [0.4, 0.5) is 0 Å². The Hall–Kier alpha value is -1.46. The maximum atomic E-state index is 10.9. The number of hydrogen-bond donors (Lipinski definition) is 1. The van der Waals surface area contributed by atoms with Gasteiger partial charge in [-0.25, -0.2) is 0 Å². The molecule has 1 fully saturated rings. The van der Waals surface area contributed by atoms with Gasteiger partial charge in [-0.15, -0.1) is 0 Å². The van der Waals surface area contributed by atoms with Gasteiger partial charge in [0, 0.05) is 44.1 Å². The van der Waals surface area contributed by atoms with E-state index in [-0.39, 0.29) is 12.5 Å². The van der Waals surface area contributed by atoms with Gasteiger partial charge in [0.2, 0.25) is 0 Å². The molecule has 1 N–H and O–H groups in total. The maximum Gasteiger partial charge on any atom is 0.304 e. The Labute approximate surface area is 113 Å². The van der Waals surface area contributed by atoms with Crippen LogP contribution in [0, 0.1) is 0 Å². The molecule has 1 aliphatic rings. The molecule has 0 amide bonds. The van der Waals surface area contributed by atoms with E-state index in [9.17, 15) is 4.79 Å². The second-order valence-corrected chi connectivity index (χ2v) is 5.32. The van der Waals surface area contributed by atoms with Crippen molar-refractivity contribution in [2.24, 2.45) is 0 Å². The second kappa shape index (κ2) is 6.12. The lowest BCUT2D eigenvalue weighted by atomic mass is 10.0. The molecule has 0 spiro atoms. The van der Waals surface area contributed by atoms with Gasteiger partial charge in [-0.3, -0.25) is 19.6 Å². The third-order valence-electron chi connectivity index (χ3n) is 3.83. The fourth-order valence-corrected chi connectivity index (χ4v) is 2.65. The van der Waals surface area contributed by atoms with Gasteiger partial charge in [-0.1, -0.05) is 0 Å². The fourth-order valence-electron chi connectivity index (χ4n) is 2.65. The van der Waals surface area contributed by atoms with Gasteiger partial charge < -0.3 is 5.11 Å². The van der Waals surface area contributed by atoms with Crippen molar-refractivity contribution in [2.75, 3.05) is 20.1 Å². The Kier molecular flexibility index (Phi) is 4.50. The summed E-state index contributed by atoms with van der Waals surface area (Å²) in [4.78, 5) is 19.5. The van der Waals surface area contributed by atoms with Crippen molar-refractivity contribution in [3.63, 3.8) is 0 Å². The smallest absolute Gasteiger partial charge is 0.304 e. The number of aromatic nitrogens is 1. The first-order valence-corrected chi connectivity index (χ1v) is 6.61. The van der Waals surface area contributed by atoms with E-state index in [0.29, 0.717) is 6.04 Å². The van der Waals surface area contributed by atoms with Crippen LogP contribution in [0.15, 0.2) is 24.5 Å². The molecule has 2 atom stereocenters. The SMILES string of the molecule is CC1CN(Cc2ccncc2)CC(CC(=O)O)N1C. The van der Waals surface area contributed by atoms with Crippen LogP contribution in [-0.4, -0.2) is 58.1 Å². The summed E-state index contributed by atoms with van der Waals surface area (Å²) in [6.07, 6.45) is 3.79. The van der Waals surface area contributed by atoms with Crippen LogP contribution >= 0.6 is 0 Å². The first-order chi connectivity index (χ1) is 9.06. The monoisotopic (exact) mass is 263 g/mol. The van der Waals surface area contributed by atoms with Gasteiger partial charge in [0.15, 0.2) is 0 Å². The Morgan fingerprint density at radius 1 is 1.42 bits per heavy atom. The number of nitrogens with zero attached hydrogens (tertiary/aromatic N) is 3. The molecule has 2 rings (SSSR count). The van der Waals surface area contributed by atoms with Gasteiger partial charge in [0.25, 0.3) is 0 Å². The van der Waals surface area contributed by atoms with Crippen molar-refractivity contribution in [2.45, 2.75) is 32.0 Å². The zero-order valence-corrected chi connectivity index (χ0v) is 11.5. The molecule has 0 aliphatic carbocycles. The van der Waals surface area contributed by atoms with E-state index in [0.717, 1.165) is 19.6 Å². The molecule has 19 heavy (non-hydrogen) atoms. The summed E-state index contributed by atoms with van der Waals surface area (Å²) in [5.41, 5.74) is 1.22. The number of hydrogen-bond acceptors (Lipinski definition) is 4. The van der Waals surface area contributed by atoms with Gasteiger partial charge >= 0.3 is 5.97 Å². The summed E-state index contributed by atoms with van der Waals surface area (Å²) in [6, 6.07) is 4.48. The highest BCUT2D eigenvalue weighted by atomic mass is 16.4. The van der Waals surface area contributed by atoms with E-state index in [2.05, 4.69) is 21.7 Å². The topological polar surface area (TPSA) is 56.7 Å². The number of carboxylic acids is 1. The van der Waals surface area contributed by atoms with Crippen molar-refractivity contribution in [1.82, 2.24) is 14.8 Å². The Morgan fingerprint density at radius 3 is 2.74 bits per heavy atom. The van der Waals surface area contributed by atoms with Crippen molar-refractivity contribution in [1.29, 1.82) is 0 Å². The van der Waals surface area contributed by atoms with Crippen LogP contribution in [0.1, 0.15) is 18.9 Å². The number of rotatable bonds is 4. The molecular formula is C14H21N3O2. The number of piperazine rings is 1. The molecule has 2 unspecified atom stereocenters. The zero-order valence-electron chi connectivity index (χ0n) is 11.5. The van der Waals surface area contributed by atoms with E-state index < -0.39 is 5.97 Å². The summed E-state index contributed by atoms with van der Waals surface area (Å²) in [6.45, 7) is 4.77. The van der Waals surface area contributed by atoms with Crippen molar-refractivity contribution < 1.29 is 9.90 Å². The lowest BCUT2D eigenvalue weighted by Crippen LogP contribution is -2.56. The van der Waals surface area contributed by atoms with Gasteiger partial charge in [-0.05, 0) is 31.7 Å². The molecular weight excluding hydrogens is 242 g/mol.